The van der Waals surface area contributed by atoms with Crippen LogP contribution in [-0.2, 0) is 33.7 Å². The van der Waals surface area contributed by atoms with E-state index in [1.165, 1.54) is 14.0 Å². The maximum absolute atomic E-state index is 13.2. The molecule has 24 heavy (non-hydrogen) atoms. The molecular weight excluding hydrogens is 351 g/mol. The molecule has 0 aliphatic carbocycles. The summed E-state index contributed by atoms with van der Waals surface area (Å²) in [7, 11) is -3.02. The highest BCUT2D eigenvalue weighted by molar-refractivity contribution is 8.05. The van der Waals surface area contributed by atoms with Crippen LogP contribution in [0.25, 0.3) is 0 Å². The molecule has 0 bridgehead atoms. The fraction of sp³-hybridized carbons (Fsp3) is 0.615. The van der Waals surface area contributed by atoms with Crippen molar-refractivity contribution in [3.63, 3.8) is 0 Å². The molecule has 2 heterocycles. The number of oxime groups is 1. The Balaban J connectivity index is 2.54. The van der Waals surface area contributed by atoms with Crippen molar-refractivity contribution in [2.75, 3.05) is 0 Å². The standard InChI is InChI=1S/C13H16F3N3O4S/c1-7-17-10(13(14,15)16)8(11(20)19(7)4)6-24(21,22)9-5-12(2,3)23-18-9/h5-6H2,1-4H3. The van der Waals surface area contributed by atoms with E-state index in [4.69, 9.17) is 4.84 Å². The second kappa shape index (κ2) is 5.57. The predicted octanol–water partition coefficient (Wildman–Crippen LogP) is 1.53. The Kier molecular flexibility index (Phi) is 4.28. The normalized spacial score (nSPS) is 17.5. The summed E-state index contributed by atoms with van der Waals surface area (Å²) in [6.45, 7) is 4.41. The van der Waals surface area contributed by atoms with Gasteiger partial charge in [0.15, 0.2) is 20.6 Å². The minimum atomic E-state index is -4.95. The van der Waals surface area contributed by atoms with E-state index in [-0.39, 0.29) is 17.3 Å². The number of nitrogens with zero attached hydrogens (tertiary/aromatic N) is 3. The highest BCUT2D eigenvalue weighted by Crippen LogP contribution is 2.31. The van der Waals surface area contributed by atoms with Crippen molar-refractivity contribution in [2.45, 2.75) is 44.7 Å². The second-order valence-electron chi connectivity index (χ2n) is 6.12. The van der Waals surface area contributed by atoms with Gasteiger partial charge in [0.05, 0.1) is 11.3 Å². The molecule has 134 valence electrons. The van der Waals surface area contributed by atoms with Gasteiger partial charge in [-0.25, -0.2) is 13.4 Å². The molecule has 0 atom stereocenters. The van der Waals surface area contributed by atoms with Crippen LogP contribution in [-0.4, -0.2) is 28.6 Å². The molecule has 0 aromatic carbocycles. The quantitative estimate of drug-likeness (QED) is 0.791. The van der Waals surface area contributed by atoms with Gasteiger partial charge in [-0.05, 0) is 20.8 Å². The van der Waals surface area contributed by atoms with E-state index in [9.17, 15) is 26.4 Å². The summed E-state index contributed by atoms with van der Waals surface area (Å²) in [5, 5.41) is 3.05. The summed E-state index contributed by atoms with van der Waals surface area (Å²) >= 11 is 0. The fourth-order valence-corrected chi connectivity index (χ4v) is 3.69. The lowest BCUT2D eigenvalue weighted by Gasteiger charge is -2.15. The summed E-state index contributed by atoms with van der Waals surface area (Å²) in [6, 6.07) is 0. The number of hydrogen-bond donors (Lipinski definition) is 0. The zero-order valence-corrected chi connectivity index (χ0v) is 14.2. The van der Waals surface area contributed by atoms with E-state index in [0.717, 1.165) is 4.57 Å². The summed E-state index contributed by atoms with van der Waals surface area (Å²) in [4.78, 5) is 20.4. The first-order valence-electron chi connectivity index (χ1n) is 6.86. The molecule has 7 nitrogen and oxygen atoms in total. The van der Waals surface area contributed by atoms with Crippen LogP contribution in [0, 0.1) is 6.92 Å². The number of halogens is 3. The van der Waals surface area contributed by atoms with Crippen LogP contribution in [0.5, 0.6) is 0 Å². The first-order chi connectivity index (χ1) is 10.7. The molecule has 0 N–H and O–H groups in total. The van der Waals surface area contributed by atoms with E-state index >= 15 is 0 Å². The molecule has 0 fully saturated rings. The monoisotopic (exact) mass is 367 g/mol. The number of hydrogen-bond acceptors (Lipinski definition) is 6. The summed E-state index contributed by atoms with van der Waals surface area (Å²) in [5.74, 6) is -1.31. The average molecular weight is 367 g/mol. The lowest BCUT2D eigenvalue weighted by molar-refractivity contribution is -0.142. The Morgan fingerprint density at radius 3 is 2.38 bits per heavy atom. The van der Waals surface area contributed by atoms with E-state index in [0.29, 0.717) is 0 Å². The van der Waals surface area contributed by atoms with Gasteiger partial charge in [-0.15, -0.1) is 0 Å². The minimum absolute atomic E-state index is 0.0870. The first kappa shape index (κ1) is 18.4. The number of aryl methyl sites for hydroxylation is 1. The SMILES string of the molecule is Cc1nc(C(F)(F)F)c(CS(=O)(=O)C2=NOC(C)(C)C2)c(=O)n1C. The molecule has 1 aliphatic heterocycles. The Morgan fingerprint density at radius 1 is 1.33 bits per heavy atom. The zero-order valence-electron chi connectivity index (χ0n) is 13.4. The lowest BCUT2D eigenvalue weighted by atomic mass is 10.1. The van der Waals surface area contributed by atoms with Gasteiger partial charge in [-0.3, -0.25) is 9.36 Å². The largest absolute Gasteiger partial charge is 0.433 e. The number of rotatable bonds is 2. The van der Waals surface area contributed by atoms with Crippen LogP contribution >= 0.6 is 0 Å². The van der Waals surface area contributed by atoms with Gasteiger partial charge in [0.1, 0.15) is 11.4 Å². The van der Waals surface area contributed by atoms with Crippen molar-refractivity contribution in [3.8, 4) is 0 Å². The molecule has 11 heteroatoms. The van der Waals surface area contributed by atoms with E-state index < -0.39 is 44.2 Å². The molecule has 0 radical (unpaired) electrons. The van der Waals surface area contributed by atoms with Crippen molar-refractivity contribution < 1.29 is 26.4 Å². The maximum Gasteiger partial charge on any atom is 0.433 e. The predicted molar refractivity (Wildman–Crippen MR) is 79.1 cm³/mol. The van der Waals surface area contributed by atoms with Crippen molar-refractivity contribution >= 4 is 14.9 Å². The molecule has 1 aromatic rings. The number of sulfone groups is 1. The van der Waals surface area contributed by atoms with Gasteiger partial charge in [-0.2, -0.15) is 13.2 Å². The van der Waals surface area contributed by atoms with Crippen LogP contribution in [0.15, 0.2) is 9.95 Å². The Hall–Kier alpha value is -1.91. The third kappa shape index (κ3) is 3.45. The van der Waals surface area contributed by atoms with Crippen LogP contribution < -0.4 is 5.56 Å². The van der Waals surface area contributed by atoms with Crippen LogP contribution in [0.3, 0.4) is 0 Å². The average Bonchev–Trinajstić information content (AvgIpc) is 2.79. The van der Waals surface area contributed by atoms with E-state index in [1.54, 1.807) is 13.8 Å². The van der Waals surface area contributed by atoms with Crippen LogP contribution in [0.4, 0.5) is 13.2 Å². The van der Waals surface area contributed by atoms with Crippen molar-refractivity contribution in [1.82, 2.24) is 9.55 Å². The number of alkyl halides is 3. The van der Waals surface area contributed by atoms with Gasteiger partial charge in [0.2, 0.25) is 0 Å². The van der Waals surface area contributed by atoms with Crippen LogP contribution in [0.1, 0.15) is 37.4 Å². The van der Waals surface area contributed by atoms with Crippen molar-refractivity contribution in [2.24, 2.45) is 12.2 Å². The zero-order chi connectivity index (χ0) is 18.5. The summed E-state index contributed by atoms with van der Waals surface area (Å²) in [6.07, 6.45) is -5.04. The Labute approximate surface area is 136 Å². The smallest absolute Gasteiger partial charge is 0.389 e. The molecule has 0 unspecified atom stereocenters. The highest BCUT2D eigenvalue weighted by atomic mass is 32.2. The molecule has 0 amide bonds. The third-order valence-corrected chi connectivity index (χ3v) is 5.15. The van der Waals surface area contributed by atoms with Gasteiger partial charge in [0, 0.05) is 13.5 Å². The van der Waals surface area contributed by atoms with Crippen LogP contribution in [0.2, 0.25) is 0 Å². The highest BCUT2D eigenvalue weighted by Gasteiger charge is 2.41. The molecule has 1 aliphatic rings. The lowest BCUT2D eigenvalue weighted by Crippen LogP contribution is -2.33. The fourth-order valence-electron chi connectivity index (χ4n) is 2.16. The Bertz CT molecular complexity index is 870. The summed E-state index contributed by atoms with van der Waals surface area (Å²) in [5.41, 5.74) is -4.35. The van der Waals surface area contributed by atoms with Gasteiger partial charge in [-0.1, -0.05) is 5.16 Å². The van der Waals surface area contributed by atoms with Crippen molar-refractivity contribution in [3.05, 3.63) is 27.4 Å². The van der Waals surface area contributed by atoms with Gasteiger partial charge >= 0.3 is 6.18 Å². The van der Waals surface area contributed by atoms with E-state index in [2.05, 4.69) is 10.1 Å². The third-order valence-electron chi connectivity index (χ3n) is 3.54. The topological polar surface area (TPSA) is 90.6 Å². The van der Waals surface area contributed by atoms with E-state index in [1.807, 2.05) is 0 Å². The molecule has 2 rings (SSSR count). The van der Waals surface area contributed by atoms with Gasteiger partial charge in [0.25, 0.3) is 5.56 Å². The van der Waals surface area contributed by atoms with Gasteiger partial charge < -0.3 is 4.84 Å². The van der Waals surface area contributed by atoms with Crippen molar-refractivity contribution in [1.29, 1.82) is 0 Å². The minimum Gasteiger partial charge on any atom is -0.389 e. The maximum atomic E-state index is 13.2. The molecule has 0 saturated carbocycles. The molecule has 1 aromatic heterocycles. The Morgan fingerprint density at radius 2 is 1.92 bits per heavy atom. The summed E-state index contributed by atoms with van der Waals surface area (Å²) < 4.78 is 65.1. The number of aromatic nitrogens is 2. The second-order valence-corrected chi connectivity index (χ2v) is 8.11. The first-order valence-corrected chi connectivity index (χ1v) is 8.51. The molecular formula is C13H16F3N3O4S. The molecule has 0 saturated heterocycles. The molecule has 0 spiro atoms.